The van der Waals surface area contributed by atoms with Gasteiger partial charge in [-0.1, -0.05) is 18.5 Å². The van der Waals surface area contributed by atoms with Crippen LogP contribution in [0.25, 0.3) is 0 Å². The molecule has 8 nitrogen and oxygen atoms in total. The third-order valence-electron chi connectivity index (χ3n) is 3.32. The Hall–Kier alpha value is -2.39. The van der Waals surface area contributed by atoms with E-state index >= 15 is 0 Å². The van der Waals surface area contributed by atoms with Crippen molar-refractivity contribution in [3.63, 3.8) is 0 Å². The summed E-state index contributed by atoms with van der Waals surface area (Å²) in [6, 6.07) is 0. The largest absolute Gasteiger partial charge is 0.465 e. The molecule has 0 fully saturated rings. The van der Waals surface area contributed by atoms with Crippen LogP contribution < -0.4 is 5.32 Å². The van der Waals surface area contributed by atoms with E-state index in [0.717, 1.165) is 11.3 Å². The highest BCUT2D eigenvalue weighted by atomic mass is 35.5. The van der Waals surface area contributed by atoms with Gasteiger partial charge < -0.3 is 14.8 Å². The minimum absolute atomic E-state index is 0.0966. The first-order chi connectivity index (χ1) is 12.4. The van der Waals surface area contributed by atoms with Crippen molar-refractivity contribution in [3.05, 3.63) is 33.4 Å². The molecule has 2 rings (SSSR count). The van der Waals surface area contributed by atoms with E-state index in [1.54, 1.807) is 6.92 Å². The molecule has 1 N–H and O–H groups in total. The minimum atomic E-state index is -0.604. The molecule has 2 heterocycles. The number of rotatable bonds is 7. The van der Waals surface area contributed by atoms with E-state index in [1.807, 2.05) is 6.92 Å². The maximum atomic E-state index is 12.4. The Labute approximate surface area is 159 Å². The standard InChI is InChI=1S/C16H18ClN3O5S/c1-4-5-25-15(22)12-9(2)13(16(23)24-3)26-14(12)19-11(21)8-20-7-10(17)6-18-20/h6-7H,4-5,8H2,1-3H3,(H,19,21). The van der Waals surface area contributed by atoms with Gasteiger partial charge in [0.25, 0.3) is 0 Å². The number of carbonyl (C=O) groups is 3. The number of hydrogen-bond donors (Lipinski definition) is 1. The molecule has 0 aliphatic rings. The van der Waals surface area contributed by atoms with Gasteiger partial charge in [0.05, 0.1) is 30.5 Å². The number of ether oxygens (including phenoxy) is 2. The lowest BCUT2D eigenvalue weighted by molar-refractivity contribution is -0.116. The number of hydrogen-bond acceptors (Lipinski definition) is 7. The average molecular weight is 400 g/mol. The molecule has 10 heteroatoms. The normalized spacial score (nSPS) is 10.5. The van der Waals surface area contributed by atoms with Crippen LogP contribution in [0.15, 0.2) is 12.4 Å². The van der Waals surface area contributed by atoms with E-state index in [4.69, 9.17) is 21.1 Å². The smallest absolute Gasteiger partial charge is 0.348 e. The number of nitrogens with one attached hydrogen (secondary N) is 1. The van der Waals surface area contributed by atoms with Crippen LogP contribution in [0.4, 0.5) is 5.00 Å². The number of amides is 1. The molecule has 0 saturated heterocycles. The molecule has 26 heavy (non-hydrogen) atoms. The van der Waals surface area contributed by atoms with E-state index in [0.29, 0.717) is 17.0 Å². The molecule has 1 amide bonds. The molecule has 0 aromatic carbocycles. The molecule has 0 bridgehead atoms. The third kappa shape index (κ3) is 4.61. The van der Waals surface area contributed by atoms with Crippen LogP contribution in [0.3, 0.4) is 0 Å². The fraction of sp³-hybridized carbons (Fsp3) is 0.375. The number of aromatic nitrogens is 2. The quantitative estimate of drug-likeness (QED) is 0.718. The van der Waals surface area contributed by atoms with Crippen molar-refractivity contribution in [2.24, 2.45) is 0 Å². The molecule has 0 aliphatic heterocycles. The molecule has 2 aromatic rings. The second-order valence-corrected chi connectivity index (χ2v) is 6.75. The van der Waals surface area contributed by atoms with Crippen molar-refractivity contribution < 1.29 is 23.9 Å². The number of esters is 2. The van der Waals surface area contributed by atoms with Crippen LogP contribution in [-0.4, -0.2) is 41.3 Å². The van der Waals surface area contributed by atoms with Crippen LogP contribution in [0, 0.1) is 6.92 Å². The summed E-state index contributed by atoms with van der Waals surface area (Å²) in [4.78, 5) is 36.8. The summed E-state index contributed by atoms with van der Waals surface area (Å²) in [6.45, 7) is 3.61. The second kappa shape index (κ2) is 8.81. The Kier molecular flexibility index (Phi) is 6.76. The summed E-state index contributed by atoms with van der Waals surface area (Å²) in [5, 5.41) is 7.19. The second-order valence-electron chi connectivity index (χ2n) is 5.29. The van der Waals surface area contributed by atoms with Crippen molar-refractivity contribution in [2.45, 2.75) is 26.8 Å². The Morgan fingerprint density at radius 3 is 2.65 bits per heavy atom. The van der Waals surface area contributed by atoms with Gasteiger partial charge in [0.2, 0.25) is 5.91 Å². The predicted octanol–water partition coefficient (Wildman–Crippen LogP) is 2.90. The van der Waals surface area contributed by atoms with Gasteiger partial charge in [-0.2, -0.15) is 5.10 Å². The lowest BCUT2D eigenvalue weighted by atomic mass is 10.1. The first kappa shape index (κ1) is 19.9. The summed E-state index contributed by atoms with van der Waals surface area (Å²) in [6.07, 6.45) is 3.56. The third-order valence-corrected chi connectivity index (χ3v) is 4.70. The maximum Gasteiger partial charge on any atom is 0.348 e. The van der Waals surface area contributed by atoms with Crippen LogP contribution in [0.5, 0.6) is 0 Å². The summed E-state index contributed by atoms with van der Waals surface area (Å²) < 4.78 is 11.2. The molecule has 0 unspecified atom stereocenters. The van der Waals surface area contributed by atoms with E-state index < -0.39 is 17.8 Å². The zero-order valence-electron chi connectivity index (χ0n) is 14.5. The van der Waals surface area contributed by atoms with E-state index in [2.05, 4.69) is 10.4 Å². The summed E-state index contributed by atoms with van der Waals surface area (Å²) in [5.74, 6) is -1.61. The van der Waals surface area contributed by atoms with Crippen LogP contribution in [0.1, 0.15) is 38.9 Å². The molecule has 0 atom stereocenters. The summed E-state index contributed by atoms with van der Waals surface area (Å²) in [7, 11) is 1.25. The Balaban J connectivity index is 2.28. The topological polar surface area (TPSA) is 99.5 Å². The predicted molar refractivity (Wildman–Crippen MR) is 96.8 cm³/mol. The fourth-order valence-electron chi connectivity index (χ4n) is 2.14. The highest BCUT2D eigenvalue weighted by Gasteiger charge is 2.27. The minimum Gasteiger partial charge on any atom is -0.465 e. The Morgan fingerprint density at radius 1 is 1.35 bits per heavy atom. The van der Waals surface area contributed by atoms with Crippen LogP contribution in [-0.2, 0) is 20.8 Å². The number of carbonyl (C=O) groups excluding carboxylic acids is 3. The number of thiophene rings is 1. The molecule has 140 valence electrons. The average Bonchev–Trinajstić information content (AvgIpc) is 3.15. The van der Waals surface area contributed by atoms with Crippen molar-refractivity contribution in [1.29, 1.82) is 0 Å². The van der Waals surface area contributed by atoms with Gasteiger partial charge in [-0.3, -0.25) is 9.48 Å². The van der Waals surface area contributed by atoms with Gasteiger partial charge in [0, 0.05) is 6.20 Å². The number of nitrogens with zero attached hydrogens (tertiary/aromatic N) is 2. The van der Waals surface area contributed by atoms with Crippen molar-refractivity contribution >= 4 is 45.8 Å². The van der Waals surface area contributed by atoms with E-state index in [-0.39, 0.29) is 28.6 Å². The Bertz CT molecular complexity index is 830. The van der Waals surface area contributed by atoms with Gasteiger partial charge >= 0.3 is 11.9 Å². The van der Waals surface area contributed by atoms with Gasteiger partial charge in [-0.05, 0) is 18.9 Å². The van der Waals surface area contributed by atoms with Crippen molar-refractivity contribution in [2.75, 3.05) is 19.0 Å². The fourth-order valence-corrected chi connectivity index (χ4v) is 3.43. The van der Waals surface area contributed by atoms with Crippen molar-refractivity contribution in [3.8, 4) is 0 Å². The van der Waals surface area contributed by atoms with Crippen LogP contribution in [0.2, 0.25) is 5.02 Å². The van der Waals surface area contributed by atoms with Gasteiger partial charge in [0.15, 0.2) is 0 Å². The number of anilines is 1. The molecule has 0 saturated carbocycles. The zero-order chi connectivity index (χ0) is 19.3. The summed E-state index contributed by atoms with van der Waals surface area (Å²) >= 11 is 6.73. The molecule has 0 radical (unpaired) electrons. The van der Waals surface area contributed by atoms with Gasteiger partial charge in [-0.15, -0.1) is 11.3 Å². The lowest BCUT2D eigenvalue weighted by Gasteiger charge is -2.07. The molecule has 2 aromatic heterocycles. The first-order valence-corrected chi connectivity index (χ1v) is 8.93. The van der Waals surface area contributed by atoms with E-state index in [1.165, 1.54) is 24.2 Å². The molecular weight excluding hydrogens is 382 g/mol. The van der Waals surface area contributed by atoms with Crippen LogP contribution >= 0.6 is 22.9 Å². The number of methoxy groups -OCH3 is 1. The number of halogens is 1. The molecule has 0 spiro atoms. The maximum absolute atomic E-state index is 12.4. The van der Waals surface area contributed by atoms with Crippen molar-refractivity contribution in [1.82, 2.24) is 9.78 Å². The monoisotopic (exact) mass is 399 g/mol. The lowest BCUT2D eigenvalue weighted by Crippen LogP contribution is -2.20. The summed E-state index contributed by atoms with van der Waals surface area (Å²) in [5.41, 5.74) is 0.552. The Morgan fingerprint density at radius 2 is 2.08 bits per heavy atom. The van der Waals surface area contributed by atoms with E-state index in [9.17, 15) is 14.4 Å². The van der Waals surface area contributed by atoms with Gasteiger partial charge in [0.1, 0.15) is 16.4 Å². The van der Waals surface area contributed by atoms with Gasteiger partial charge in [-0.25, -0.2) is 9.59 Å². The SMILES string of the molecule is CCCOC(=O)c1c(NC(=O)Cn2cc(Cl)cn2)sc(C(=O)OC)c1C. The molecular formula is C16H18ClN3O5S. The highest BCUT2D eigenvalue weighted by molar-refractivity contribution is 7.18. The highest BCUT2D eigenvalue weighted by Crippen LogP contribution is 2.34. The molecule has 0 aliphatic carbocycles. The first-order valence-electron chi connectivity index (χ1n) is 7.74. The zero-order valence-corrected chi connectivity index (χ0v) is 16.1.